The number of carbonyl (C=O) groups is 5. The minimum Gasteiger partial charge on any atom is -0.508 e. The van der Waals surface area contributed by atoms with Crippen LogP contribution in [-0.4, -0.2) is 75.2 Å². The molecule has 0 aromatic heterocycles. The number of hydrogen-bond donors (Lipinski definition) is 8. The van der Waals surface area contributed by atoms with E-state index in [2.05, 4.69) is 16.0 Å². The summed E-state index contributed by atoms with van der Waals surface area (Å²) in [7, 11) is 0. The van der Waals surface area contributed by atoms with Gasteiger partial charge < -0.3 is 42.7 Å². The number of rotatable bonds is 15. The monoisotopic (exact) mass is 523 g/mol. The van der Waals surface area contributed by atoms with Gasteiger partial charge in [-0.2, -0.15) is 0 Å². The molecule has 1 rings (SSSR count). The van der Waals surface area contributed by atoms with E-state index in [0.29, 0.717) is 12.0 Å². The number of nitrogens with two attached hydrogens (primary N) is 2. The predicted molar refractivity (Wildman–Crippen MR) is 133 cm³/mol. The highest BCUT2D eigenvalue weighted by Gasteiger charge is 2.34. The number of amides is 4. The van der Waals surface area contributed by atoms with Gasteiger partial charge in [0.2, 0.25) is 23.6 Å². The molecule has 10 N–H and O–H groups in total. The van der Waals surface area contributed by atoms with E-state index in [1.54, 1.807) is 26.0 Å². The molecule has 13 nitrogen and oxygen atoms in total. The van der Waals surface area contributed by atoms with Crippen LogP contribution in [0.4, 0.5) is 0 Å². The van der Waals surface area contributed by atoms with E-state index in [1.807, 2.05) is 0 Å². The third kappa shape index (κ3) is 10.4. The molecule has 1 aromatic carbocycles. The molecule has 0 aliphatic carbocycles. The average molecular weight is 524 g/mol. The van der Waals surface area contributed by atoms with E-state index >= 15 is 0 Å². The van der Waals surface area contributed by atoms with Crippen LogP contribution in [0.25, 0.3) is 0 Å². The molecule has 0 aliphatic rings. The molecule has 206 valence electrons. The number of carboxylic acid groups (broad SMARTS) is 1. The fourth-order valence-corrected chi connectivity index (χ4v) is 3.40. The molecule has 0 heterocycles. The lowest BCUT2D eigenvalue weighted by molar-refractivity contribution is -0.144. The maximum Gasteiger partial charge on any atom is 0.326 e. The standard InChI is InChI=1S/C24H37N5O8/c1-4-12(2)19(24(36)37)28-23(35)20(13(3)30)29-22(34)17(9-10-18(26)32)27-21(33)16(25)11-14-5-7-15(31)8-6-14/h5-8,12-13,16-17,19-20,30-31H,4,9-11,25H2,1-3H3,(H2,26,32)(H,27,33)(H,28,35)(H,29,34)(H,36,37)/t12-,13+,16-,17-,19-,20-/m0/s1. The second kappa shape index (κ2) is 14.8. The fourth-order valence-electron chi connectivity index (χ4n) is 3.40. The predicted octanol–water partition coefficient (Wildman–Crippen LogP) is -1.51. The number of aliphatic hydroxyl groups excluding tert-OH is 1. The summed E-state index contributed by atoms with van der Waals surface area (Å²) in [5.41, 5.74) is 11.8. The number of aliphatic hydroxyl groups is 1. The SMILES string of the molecule is CC[C@H](C)[C@H](NC(=O)[C@@H](NC(=O)[C@H](CCC(N)=O)NC(=O)[C@@H](N)Cc1ccc(O)cc1)[C@@H](C)O)C(=O)O. The molecule has 4 amide bonds. The van der Waals surface area contributed by atoms with Crippen molar-refractivity contribution in [3.63, 3.8) is 0 Å². The molecular formula is C24H37N5O8. The first kappa shape index (κ1) is 31.3. The first-order valence-electron chi connectivity index (χ1n) is 11.9. The number of carboxylic acids is 1. The van der Waals surface area contributed by atoms with Gasteiger partial charge in [-0.25, -0.2) is 4.79 Å². The maximum absolute atomic E-state index is 13.0. The number of phenolic OH excluding ortho intramolecular Hbond substituents is 1. The Morgan fingerprint density at radius 2 is 1.49 bits per heavy atom. The number of primary amides is 1. The van der Waals surface area contributed by atoms with Crippen molar-refractivity contribution in [3.8, 4) is 5.75 Å². The minimum atomic E-state index is -1.54. The van der Waals surface area contributed by atoms with E-state index in [4.69, 9.17) is 11.5 Å². The van der Waals surface area contributed by atoms with Crippen LogP contribution in [0.15, 0.2) is 24.3 Å². The van der Waals surface area contributed by atoms with Crippen LogP contribution in [0.3, 0.4) is 0 Å². The second-order valence-electron chi connectivity index (χ2n) is 8.98. The summed E-state index contributed by atoms with van der Waals surface area (Å²) in [6.45, 7) is 4.61. The molecule has 0 aliphatic heterocycles. The molecule has 0 spiro atoms. The molecule has 0 unspecified atom stereocenters. The first-order valence-corrected chi connectivity index (χ1v) is 11.9. The lowest BCUT2D eigenvalue weighted by Gasteiger charge is -2.27. The summed E-state index contributed by atoms with van der Waals surface area (Å²) in [5, 5.41) is 36.0. The summed E-state index contributed by atoms with van der Waals surface area (Å²) in [6.07, 6.45) is -1.36. The Balaban J connectivity index is 2.98. The number of aliphatic carboxylic acids is 1. The highest BCUT2D eigenvalue weighted by Crippen LogP contribution is 2.12. The zero-order valence-corrected chi connectivity index (χ0v) is 21.1. The van der Waals surface area contributed by atoms with Gasteiger partial charge in [0.1, 0.15) is 23.9 Å². The van der Waals surface area contributed by atoms with Gasteiger partial charge in [-0.3, -0.25) is 19.2 Å². The van der Waals surface area contributed by atoms with Crippen molar-refractivity contribution in [2.24, 2.45) is 17.4 Å². The van der Waals surface area contributed by atoms with Crippen LogP contribution in [0, 0.1) is 5.92 Å². The van der Waals surface area contributed by atoms with E-state index in [1.165, 1.54) is 19.1 Å². The normalized spacial score (nSPS) is 15.8. The number of benzene rings is 1. The molecule has 13 heteroatoms. The largest absolute Gasteiger partial charge is 0.508 e. The number of phenols is 1. The summed E-state index contributed by atoms with van der Waals surface area (Å²) < 4.78 is 0. The maximum atomic E-state index is 13.0. The van der Waals surface area contributed by atoms with Crippen molar-refractivity contribution in [3.05, 3.63) is 29.8 Å². The van der Waals surface area contributed by atoms with E-state index in [9.17, 15) is 39.3 Å². The lowest BCUT2D eigenvalue weighted by Crippen LogP contribution is -2.60. The van der Waals surface area contributed by atoms with E-state index in [0.717, 1.165) is 0 Å². The zero-order chi connectivity index (χ0) is 28.3. The van der Waals surface area contributed by atoms with Crippen molar-refractivity contribution in [2.45, 2.75) is 76.7 Å². The Morgan fingerprint density at radius 1 is 0.919 bits per heavy atom. The fraction of sp³-hybridized carbons (Fsp3) is 0.542. The summed E-state index contributed by atoms with van der Waals surface area (Å²) in [6, 6.07) is 0.808. The van der Waals surface area contributed by atoms with Crippen molar-refractivity contribution < 1.29 is 39.3 Å². The quantitative estimate of drug-likeness (QED) is 0.133. The number of aromatic hydroxyl groups is 1. The van der Waals surface area contributed by atoms with Crippen LogP contribution in [0.1, 0.15) is 45.6 Å². The van der Waals surface area contributed by atoms with Gasteiger partial charge in [0.25, 0.3) is 0 Å². The highest BCUT2D eigenvalue weighted by molar-refractivity contribution is 5.94. The minimum absolute atomic E-state index is 0.0421. The van der Waals surface area contributed by atoms with E-state index in [-0.39, 0.29) is 25.0 Å². The third-order valence-electron chi connectivity index (χ3n) is 5.88. The molecule has 0 fully saturated rings. The van der Waals surface area contributed by atoms with Crippen molar-refractivity contribution in [1.82, 2.24) is 16.0 Å². The van der Waals surface area contributed by atoms with Gasteiger partial charge in [0.05, 0.1) is 12.1 Å². The zero-order valence-electron chi connectivity index (χ0n) is 21.1. The van der Waals surface area contributed by atoms with Crippen LogP contribution < -0.4 is 27.4 Å². The van der Waals surface area contributed by atoms with Crippen LogP contribution >= 0.6 is 0 Å². The molecule has 0 saturated carbocycles. The molecule has 37 heavy (non-hydrogen) atoms. The molecular weight excluding hydrogens is 486 g/mol. The lowest BCUT2D eigenvalue weighted by atomic mass is 9.98. The van der Waals surface area contributed by atoms with Crippen molar-refractivity contribution >= 4 is 29.6 Å². The number of carbonyl (C=O) groups excluding carboxylic acids is 4. The highest BCUT2D eigenvalue weighted by atomic mass is 16.4. The van der Waals surface area contributed by atoms with Gasteiger partial charge in [0.15, 0.2) is 0 Å². The third-order valence-corrected chi connectivity index (χ3v) is 5.88. The molecule has 0 bridgehead atoms. The van der Waals surface area contributed by atoms with Crippen molar-refractivity contribution in [1.29, 1.82) is 0 Å². The molecule has 0 radical (unpaired) electrons. The Hall–Kier alpha value is -3.71. The number of nitrogens with one attached hydrogen (secondary N) is 3. The van der Waals surface area contributed by atoms with Gasteiger partial charge in [-0.05, 0) is 43.4 Å². The summed E-state index contributed by atoms with van der Waals surface area (Å²) in [4.78, 5) is 61.3. The molecule has 0 saturated heterocycles. The smallest absolute Gasteiger partial charge is 0.326 e. The topological polar surface area (TPSA) is 234 Å². The van der Waals surface area contributed by atoms with Gasteiger partial charge in [0, 0.05) is 6.42 Å². The van der Waals surface area contributed by atoms with E-state index < -0.39 is 65.8 Å². The van der Waals surface area contributed by atoms with Crippen LogP contribution in [-0.2, 0) is 30.4 Å². The van der Waals surface area contributed by atoms with Crippen molar-refractivity contribution in [2.75, 3.05) is 0 Å². The summed E-state index contributed by atoms with van der Waals surface area (Å²) >= 11 is 0. The summed E-state index contributed by atoms with van der Waals surface area (Å²) in [5.74, 6) is -4.94. The second-order valence-corrected chi connectivity index (χ2v) is 8.98. The van der Waals surface area contributed by atoms with Gasteiger partial charge in [-0.15, -0.1) is 0 Å². The molecule has 6 atom stereocenters. The Kier molecular flexibility index (Phi) is 12.5. The van der Waals surface area contributed by atoms with Gasteiger partial charge in [-0.1, -0.05) is 32.4 Å². The molecule has 1 aromatic rings. The van der Waals surface area contributed by atoms with Crippen LogP contribution in [0.5, 0.6) is 5.75 Å². The van der Waals surface area contributed by atoms with Gasteiger partial charge >= 0.3 is 5.97 Å². The average Bonchev–Trinajstić information content (AvgIpc) is 2.83. The Morgan fingerprint density at radius 3 is 1.97 bits per heavy atom. The Bertz CT molecular complexity index is 953. The van der Waals surface area contributed by atoms with Crippen LogP contribution in [0.2, 0.25) is 0 Å². The first-order chi connectivity index (χ1) is 17.3. The number of hydrogen-bond acceptors (Lipinski definition) is 8. The Labute approximate surface area is 215 Å².